The van der Waals surface area contributed by atoms with Crippen molar-refractivity contribution in [1.29, 1.82) is 0 Å². The number of ether oxygens (including phenoxy) is 1. The molecule has 1 aromatic carbocycles. The molecule has 134 valence electrons. The van der Waals surface area contributed by atoms with Gasteiger partial charge < -0.3 is 4.74 Å². The Morgan fingerprint density at radius 1 is 1.21 bits per heavy atom. The summed E-state index contributed by atoms with van der Waals surface area (Å²) in [6.07, 6.45) is 1.26. The zero-order valence-corrected chi connectivity index (χ0v) is 15.4. The molecular formula is C17H25NO5S. The fourth-order valence-corrected chi connectivity index (χ4v) is 3.40. The molecule has 2 rings (SSSR count). The van der Waals surface area contributed by atoms with Crippen molar-refractivity contribution in [1.82, 2.24) is 5.32 Å². The highest BCUT2D eigenvalue weighted by molar-refractivity contribution is 7.86. The molecule has 1 N–H and O–H groups in total. The van der Waals surface area contributed by atoms with Gasteiger partial charge in [0.2, 0.25) is 0 Å². The van der Waals surface area contributed by atoms with Gasteiger partial charge in [0.15, 0.2) is 0 Å². The van der Waals surface area contributed by atoms with E-state index in [4.69, 9.17) is 8.92 Å². The van der Waals surface area contributed by atoms with E-state index in [-0.39, 0.29) is 23.5 Å². The lowest BCUT2D eigenvalue weighted by molar-refractivity contribution is -0.157. The minimum Gasteiger partial charge on any atom is -0.459 e. The summed E-state index contributed by atoms with van der Waals surface area (Å²) < 4.78 is 34.8. The maximum Gasteiger partial charge on any atom is 0.323 e. The standard InChI is InChI=1S/C17H25NO5S/c1-12-5-8-14(9-6-12)24(20,21)22-11-13-7-10-15(18-13)16(19)23-17(2,3)4/h5-6,8-9,13,15,18H,7,10-11H2,1-4H3. The first-order valence-corrected chi connectivity index (χ1v) is 9.43. The highest BCUT2D eigenvalue weighted by atomic mass is 32.2. The van der Waals surface area contributed by atoms with Crippen LogP contribution in [0.1, 0.15) is 39.2 Å². The van der Waals surface area contributed by atoms with Gasteiger partial charge in [-0.25, -0.2) is 0 Å². The summed E-state index contributed by atoms with van der Waals surface area (Å²) >= 11 is 0. The van der Waals surface area contributed by atoms with E-state index in [2.05, 4.69) is 5.32 Å². The number of hydrogen-bond acceptors (Lipinski definition) is 6. The average Bonchev–Trinajstić information content (AvgIpc) is 2.93. The lowest BCUT2D eigenvalue weighted by Gasteiger charge is -2.22. The van der Waals surface area contributed by atoms with Gasteiger partial charge in [-0.2, -0.15) is 8.42 Å². The van der Waals surface area contributed by atoms with E-state index in [9.17, 15) is 13.2 Å². The van der Waals surface area contributed by atoms with Crippen molar-refractivity contribution in [2.75, 3.05) is 6.61 Å². The van der Waals surface area contributed by atoms with Crippen molar-refractivity contribution >= 4 is 16.1 Å². The number of carbonyl (C=O) groups excluding carboxylic acids is 1. The molecule has 1 fully saturated rings. The summed E-state index contributed by atoms with van der Waals surface area (Å²) in [5, 5.41) is 3.08. The quantitative estimate of drug-likeness (QED) is 0.644. The molecule has 1 aromatic rings. The Balaban J connectivity index is 1.87. The lowest BCUT2D eigenvalue weighted by atomic mass is 10.1. The Kier molecular flexibility index (Phi) is 5.67. The summed E-state index contributed by atoms with van der Waals surface area (Å²) in [7, 11) is -3.79. The maximum atomic E-state index is 12.2. The number of rotatable bonds is 5. The van der Waals surface area contributed by atoms with Gasteiger partial charge in [-0.1, -0.05) is 17.7 Å². The number of benzene rings is 1. The number of hydrogen-bond donors (Lipinski definition) is 1. The molecule has 24 heavy (non-hydrogen) atoms. The van der Waals surface area contributed by atoms with Crippen LogP contribution in [-0.4, -0.2) is 38.7 Å². The lowest BCUT2D eigenvalue weighted by Crippen LogP contribution is -2.41. The number of carbonyl (C=O) groups is 1. The molecule has 1 saturated heterocycles. The molecule has 0 bridgehead atoms. The minimum absolute atomic E-state index is 0.00446. The topological polar surface area (TPSA) is 81.7 Å². The molecule has 0 aliphatic carbocycles. The predicted molar refractivity (Wildman–Crippen MR) is 90.1 cm³/mol. The molecule has 0 amide bonds. The van der Waals surface area contributed by atoms with E-state index in [1.807, 2.05) is 27.7 Å². The minimum atomic E-state index is -3.79. The normalized spacial score (nSPS) is 21.7. The molecule has 1 aliphatic heterocycles. The van der Waals surface area contributed by atoms with E-state index in [0.29, 0.717) is 12.8 Å². The highest BCUT2D eigenvalue weighted by Crippen LogP contribution is 2.19. The highest BCUT2D eigenvalue weighted by Gasteiger charge is 2.33. The largest absolute Gasteiger partial charge is 0.459 e. The molecular weight excluding hydrogens is 330 g/mol. The van der Waals surface area contributed by atoms with Gasteiger partial charge >= 0.3 is 5.97 Å². The Bertz CT molecular complexity index is 676. The third-order valence-electron chi connectivity index (χ3n) is 3.67. The SMILES string of the molecule is Cc1ccc(S(=O)(=O)OCC2CCC(C(=O)OC(C)(C)C)N2)cc1. The molecule has 1 heterocycles. The second kappa shape index (κ2) is 7.21. The first-order valence-electron chi connectivity index (χ1n) is 8.02. The van der Waals surface area contributed by atoms with E-state index in [1.165, 1.54) is 12.1 Å². The van der Waals surface area contributed by atoms with Crippen LogP contribution in [0.2, 0.25) is 0 Å². The molecule has 0 aromatic heterocycles. The second-order valence-electron chi connectivity index (χ2n) is 7.08. The number of esters is 1. The Morgan fingerprint density at radius 3 is 2.42 bits per heavy atom. The first kappa shape index (κ1) is 18.9. The van der Waals surface area contributed by atoms with Crippen LogP contribution in [-0.2, 0) is 23.8 Å². The van der Waals surface area contributed by atoms with E-state index in [1.54, 1.807) is 12.1 Å². The molecule has 7 heteroatoms. The van der Waals surface area contributed by atoms with Gasteiger partial charge in [0.1, 0.15) is 11.6 Å². The van der Waals surface area contributed by atoms with Gasteiger partial charge in [-0.3, -0.25) is 14.3 Å². The van der Waals surface area contributed by atoms with E-state index >= 15 is 0 Å². The van der Waals surface area contributed by atoms with Crippen molar-refractivity contribution < 1.29 is 22.1 Å². The van der Waals surface area contributed by atoms with Crippen LogP contribution >= 0.6 is 0 Å². The number of aryl methyl sites for hydroxylation is 1. The van der Waals surface area contributed by atoms with E-state index in [0.717, 1.165) is 5.56 Å². The smallest absolute Gasteiger partial charge is 0.323 e. The Morgan fingerprint density at radius 2 is 1.83 bits per heavy atom. The fraction of sp³-hybridized carbons (Fsp3) is 0.588. The van der Waals surface area contributed by atoms with Crippen molar-refractivity contribution in [3.63, 3.8) is 0 Å². The zero-order chi connectivity index (χ0) is 18.0. The van der Waals surface area contributed by atoms with Crippen LogP contribution < -0.4 is 5.32 Å². The number of nitrogens with one attached hydrogen (secondary N) is 1. The third-order valence-corrected chi connectivity index (χ3v) is 4.96. The maximum absolute atomic E-state index is 12.2. The van der Waals surface area contributed by atoms with Gasteiger partial charge in [-0.05, 0) is 52.7 Å². The van der Waals surface area contributed by atoms with Gasteiger partial charge in [-0.15, -0.1) is 0 Å². The fourth-order valence-electron chi connectivity index (χ4n) is 2.45. The van der Waals surface area contributed by atoms with E-state index < -0.39 is 21.8 Å². The van der Waals surface area contributed by atoms with Crippen molar-refractivity contribution in [2.24, 2.45) is 0 Å². The van der Waals surface area contributed by atoms with Crippen LogP contribution in [0.15, 0.2) is 29.2 Å². The van der Waals surface area contributed by atoms with Crippen LogP contribution in [0.25, 0.3) is 0 Å². The Hall–Kier alpha value is -1.44. The Labute approximate surface area is 143 Å². The summed E-state index contributed by atoms with van der Waals surface area (Å²) in [6, 6.07) is 5.89. The molecule has 1 aliphatic rings. The second-order valence-corrected chi connectivity index (χ2v) is 8.69. The molecule has 0 spiro atoms. The average molecular weight is 355 g/mol. The van der Waals surface area contributed by atoms with Crippen LogP contribution in [0, 0.1) is 6.92 Å². The molecule has 2 unspecified atom stereocenters. The zero-order valence-electron chi connectivity index (χ0n) is 14.5. The van der Waals surface area contributed by atoms with Crippen molar-refractivity contribution in [3.8, 4) is 0 Å². The van der Waals surface area contributed by atoms with Crippen molar-refractivity contribution in [2.45, 2.75) is 63.1 Å². The summed E-state index contributed by atoms with van der Waals surface area (Å²) in [5.74, 6) is -0.314. The molecule has 0 radical (unpaired) electrons. The van der Waals surface area contributed by atoms with Crippen LogP contribution in [0.4, 0.5) is 0 Å². The summed E-state index contributed by atoms with van der Waals surface area (Å²) in [4.78, 5) is 12.2. The van der Waals surface area contributed by atoms with Gasteiger partial charge in [0.25, 0.3) is 10.1 Å². The van der Waals surface area contributed by atoms with Gasteiger partial charge in [0.05, 0.1) is 11.5 Å². The summed E-state index contributed by atoms with van der Waals surface area (Å²) in [6.45, 7) is 7.32. The van der Waals surface area contributed by atoms with Crippen LogP contribution in [0.3, 0.4) is 0 Å². The first-order chi connectivity index (χ1) is 11.1. The molecule has 0 saturated carbocycles. The summed E-state index contributed by atoms with van der Waals surface area (Å²) in [5.41, 5.74) is 0.439. The monoisotopic (exact) mass is 355 g/mol. The molecule has 6 nitrogen and oxygen atoms in total. The van der Waals surface area contributed by atoms with Crippen LogP contribution in [0.5, 0.6) is 0 Å². The predicted octanol–water partition coefficient (Wildman–Crippen LogP) is 2.16. The molecule has 2 atom stereocenters. The van der Waals surface area contributed by atoms with Gasteiger partial charge in [0, 0.05) is 6.04 Å². The third kappa shape index (κ3) is 5.29. The van der Waals surface area contributed by atoms with Crippen molar-refractivity contribution in [3.05, 3.63) is 29.8 Å².